The van der Waals surface area contributed by atoms with Crippen molar-refractivity contribution in [3.63, 3.8) is 0 Å². The first-order valence-corrected chi connectivity index (χ1v) is 6.33. The molecule has 2 unspecified atom stereocenters. The topological polar surface area (TPSA) is 78.4 Å². The number of amides is 2. The van der Waals surface area contributed by atoms with Gasteiger partial charge in [0.25, 0.3) is 0 Å². The number of hydrogen-bond acceptors (Lipinski definition) is 3. The number of thioether (sulfide) groups is 1. The molecule has 5 nitrogen and oxygen atoms in total. The van der Waals surface area contributed by atoms with Gasteiger partial charge in [0.05, 0.1) is 0 Å². The monoisotopic (exact) mass is 246 g/mol. The van der Waals surface area contributed by atoms with Crippen molar-refractivity contribution in [3.05, 3.63) is 0 Å². The summed E-state index contributed by atoms with van der Waals surface area (Å²) in [6, 6.07) is -1.27. The van der Waals surface area contributed by atoms with Crippen LogP contribution >= 0.6 is 11.8 Å². The zero-order valence-electron chi connectivity index (χ0n) is 9.58. The molecule has 2 amide bonds. The summed E-state index contributed by atoms with van der Waals surface area (Å²) in [5.74, 6) is 0.0994. The van der Waals surface area contributed by atoms with E-state index >= 15 is 0 Å². The molecule has 1 rings (SSSR count). The first kappa shape index (κ1) is 13.2. The van der Waals surface area contributed by atoms with Crippen molar-refractivity contribution in [1.29, 1.82) is 0 Å². The SMILES string of the molecule is CC(NC(=O)NCC1(C)CCCS1)C(=O)O. The maximum atomic E-state index is 11.4. The van der Waals surface area contributed by atoms with Crippen molar-refractivity contribution in [3.8, 4) is 0 Å². The molecule has 3 N–H and O–H groups in total. The summed E-state index contributed by atoms with van der Waals surface area (Å²) < 4.78 is 0.101. The fraction of sp³-hybridized carbons (Fsp3) is 0.800. The van der Waals surface area contributed by atoms with Crippen LogP contribution in [0.1, 0.15) is 26.7 Å². The summed E-state index contributed by atoms with van der Waals surface area (Å²) in [5.41, 5.74) is 0. The molecule has 0 aromatic rings. The van der Waals surface area contributed by atoms with Gasteiger partial charge in [-0.3, -0.25) is 4.79 Å². The normalized spacial score (nSPS) is 26.1. The van der Waals surface area contributed by atoms with Crippen LogP contribution in [0.15, 0.2) is 0 Å². The molecule has 1 aliphatic heterocycles. The van der Waals surface area contributed by atoms with E-state index < -0.39 is 18.0 Å². The lowest BCUT2D eigenvalue weighted by atomic mass is 10.1. The molecule has 0 aromatic carbocycles. The highest BCUT2D eigenvalue weighted by Crippen LogP contribution is 2.36. The summed E-state index contributed by atoms with van der Waals surface area (Å²) in [6.45, 7) is 4.13. The largest absolute Gasteiger partial charge is 0.480 e. The fourth-order valence-electron chi connectivity index (χ4n) is 1.55. The lowest BCUT2D eigenvalue weighted by molar-refractivity contribution is -0.138. The van der Waals surface area contributed by atoms with Crippen molar-refractivity contribution in [2.24, 2.45) is 0 Å². The zero-order valence-corrected chi connectivity index (χ0v) is 10.4. The molecule has 1 fully saturated rings. The van der Waals surface area contributed by atoms with Gasteiger partial charge in [-0.15, -0.1) is 0 Å². The molecular weight excluding hydrogens is 228 g/mol. The van der Waals surface area contributed by atoms with Crippen LogP contribution in [0.25, 0.3) is 0 Å². The molecular formula is C10H18N2O3S. The van der Waals surface area contributed by atoms with Gasteiger partial charge in [0, 0.05) is 11.3 Å². The van der Waals surface area contributed by atoms with Gasteiger partial charge in [-0.05, 0) is 32.4 Å². The first-order chi connectivity index (χ1) is 7.43. The van der Waals surface area contributed by atoms with Gasteiger partial charge < -0.3 is 15.7 Å². The number of carboxylic acid groups (broad SMARTS) is 1. The second kappa shape index (κ2) is 5.43. The van der Waals surface area contributed by atoms with Crippen LogP contribution in [0.3, 0.4) is 0 Å². The number of urea groups is 1. The Morgan fingerprint density at radius 1 is 1.56 bits per heavy atom. The summed E-state index contributed by atoms with van der Waals surface area (Å²) in [5, 5.41) is 13.7. The molecule has 0 aliphatic carbocycles. The molecule has 92 valence electrons. The van der Waals surface area contributed by atoms with Gasteiger partial charge in [-0.2, -0.15) is 11.8 Å². The Bertz CT molecular complexity index is 277. The van der Waals surface area contributed by atoms with E-state index in [9.17, 15) is 9.59 Å². The van der Waals surface area contributed by atoms with Crippen LogP contribution in [0.2, 0.25) is 0 Å². The smallest absolute Gasteiger partial charge is 0.325 e. The van der Waals surface area contributed by atoms with Crippen LogP contribution in [0.4, 0.5) is 4.79 Å². The van der Waals surface area contributed by atoms with Crippen molar-refractivity contribution in [1.82, 2.24) is 10.6 Å². The minimum absolute atomic E-state index is 0.101. The standard InChI is InChI=1S/C10H18N2O3S/c1-7(8(13)14)12-9(15)11-6-10(2)4-3-5-16-10/h7H,3-6H2,1-2H3,(H,13,14)(H2,11,12,15). The summed E-state index contributed by atoms with van der Waals surface area (Å²) in [6.07, 6.45) is 2.27. The second-order valence-corrected chi connectivity index (χ2v) is 5.97. The molecule has 1 heterocycles. The molecule has 1 aliphatic rings. The summed E-state index contributed by atoms with van der Waals surface area (Å²) in [4.78, 5) is 21.9. The van der Waals surface area contributed by atoms with Crippen LogP contribution in [0, 0.1) is 0 Å². The van der Waals surface area contributed by atoms with Crippen LogP contribution in [-0.2, 0) is 4.79 Å². The number of rotatable bonds is 4. The number of nitrogens with one attached hydrogen (secondary N) is 2. The second-order valence-electron chi connectivity index (χ2n) is 4.29. The van der Waals surface area contributed by atoms with Crippen molar-refractivity contribution in [2.45, 2.75) is 37.5 Å². The molecule has 0 bridgehead atoms. The average molecular weight is 246 g/mol. The Hall–Kier alpha value is -0.910. The maximum absolute atomic E-state index is 11.4. The Balaban J connectivity index is 2.27. The average Bonchev–Trinajstić information content (AvgIpc) is 2.63. The molecule has 6 heteroatoms. The summed E-state index contributed by atoms with van der Waals surface area (Å²) in [7, 11) is 0. The molecule has 16 heavy (non-hydrogen) atoms. The molecule has 1 saturated heterocycles. The van der Waals surface area contributed by atoms with Crippen LogP contribution in [0.5, 0.6) is 0 Å². The molecule has 0 spiro atoms. The lowest BCUT2D eigenvalue weighted by Gasteiger charge is -2.23. The van der Waals surface area contributed by atoms with Crippen molar-refractivity contribution >= 4 is 23.8 Å². The van der Waals surface area contributed by atoms with E-state index in [1.54, 1.807) is 0 Å². The molecule has 0 saturated carbocycles. The minimum Gasteiger partial charge on any atom is -0.480 e. The highest BCUT2D eigenvalue weighted by atomic mass is 32.2. The van der Waals surface area contributed by atoms with Gasteiger partial charge in [0.2, 0.25) is 0 Å². The Morgan fingerprint density at radius 2 is 2.25 bits per heavy atom. The fourth-order valence-corrected chi connectivity index (χ4v) is 2.80. The van der Waals surface area contributed by atoms with Gasteiger partial charge in [0.15, 0.2) is 0 Å². The number of carbonyl (C=O) groups excluding carboxylic acids is 1. The lowest BCUT2D eigenvalue weighted by Crippen LogP contribution is -2.47. The van der Waals surface area contributed by atoms with Crippen LogP contribution in [-0.4, -0.2) is 40.2 Å². The van der Waals surface area contributed by atoms with Crippen molar-refractivity contribution < 1.29 is 14.7 Å². The number of hydrogen-bond donors (Lipinski definition) is 3. The number of carboxylic acids is 1. The third-order valence-electron chi connectivity index (χ3n) is 2.64. The van der Waals surface area contributed by atoms with Gasteiger partial charge in [-0.1, -0.05) is 0 Å². The Kier molecular flexibility index (Phi) is 4.46. The molecule has 2 atom stereocenters. The zero-order chi connectivity index (χ0) is 12.2. The number of carbonyl (C=O) groups is 2. The van der Waals surface area contributed by atoms with Crippen molar-refractivity contribution in [2.75, 3.05) is 12.3 Å². The van der Waals surface area contributed by atoms with E-state index in [0.717, 1.165) is 12.2 Å². The quantitative estimate of drug-likeness (QED) is 0.692. The first-order valence-electron chi connectivity index (χ1n) is 5.34. The predicted octanol–water partition coefficient (Wildman–Crippen LogP) is 1.04. The minimum atomic E-state index is -1.03. The van der Waals surface area contributed by atoms with Gasteiger partial charge >= 0.3 is 12.0 Å². The molecule has 0 aromatic heterocycles. The third kappa shape index (κ3) is 3.92. The molecule has 0 radical (unpaired) electrons. The third-order valence-corrected chi connectivity index (χ3v) is 4.18. The maximum Gasteiger partial charge on any atom is 0.325 e. The Morgan fingerprint density at radius 3 is 2.75 bits per heavy atom. The number of aliphatic carboxylic acids is 1. The van der Waals surface area contributed by atoms with E-state index in [2.05, 4.69) is 17.6 Å². The van der Waals surface area contributed by atoms with Gasteiger partial charge in [0.1, 0.15) is 6.04 Å². The highest BCUT2D eigenvalue weighted by Gasteiger charge is 2.29. The van der Waals surface area contributed by atoms with E-state index in [4.69, 9.17) is 5.11 Å². The summed E-state index contributed by atoms with van der Waals surface area (Å²) >= 11 is 1.85. The van der Waals surface area contributed by atoms with E-state index in [0.29, 0.717) is 6.54 Å². The predicted molar refractivity (Wildman–Crippen MR) is 63.7 cm³/mol. The van der Waals surface area contributed by atoms with E-state index in [1.807, 2.05) is 11.8 Å². The van der Waals surface area contributed by atoms with Gasteiger partial charge in [-0.25, -0.2) is 4.79 Å². The highest BCUT2D eigenvalue weighted by molar-refractivity contribution is 8.00. The van der Waals surface area contributed by atoms with Crippen LogP contribution < -0.4 is 10.6 Å². The van der Waals surface area contributed by atoms with E-state index in [1.165, 1.54) is 13.3 Å². The Labute approximate surface area is 99.4 Å². The van der Waals surface area contributed by atoms with E-state index in [-0.39, 0.29) is 4.75 Å².